The highest BCUT2D eigenvalue weighted by Crippen LogP contribution is 2.18. The molecule has 96 valence electrons. The van der Waals surface area contributed by atoms with Gasteiger partial charge in [-0.1, -0.05) is 18.2 Å². The molecule has 4 heteroatoms. The molecule has 0 spiro atoms. The molecule has 0 aromatic heterocycles. The van der Waals surface area contributed by atoms with E-state index in [0.29, 0.717) is 5.75 Å². The zero-order valence-corrected chi connectivity index (χ0v) is 11.0. The lowest BCUT2D eigenvalue weighted by Gasteiger charge is -2.24. The number of nitrogens with zero attached hydrogens (tertiary/aromatic N) is 2. The highest BCUT2D eigenvalue weighted by Gasteiger charge is 2.18. The second-order valence-electron chi connectivity index (χ2n) is 4.26. The Morgan fingerprint density at radius 2 is 2.11 bits per heavy atom. The van der Waals surface area contributed by atoms with Gasteiger partial charge in [-0.3, -0.25) is 4.79 Å². The summed E-state index contributed by atoms with van der Waals surface area (Å²) in [6.07, 6.45) is 0.254. The van der Waals surface area contributed by atoms with Crippen molar-refractivity contribution in [2.24, 2.45) is 0 Å². The van der Waals surface area contributed by atoms with Crippen LogP contribution in [0.25, 0.3) is 0 Å². The van der Waals surface area contributed by atoms with E-state index < -0.39 is 0 Å². The number of methoxy groups -OCH3 is 1. The Morgan fingerprint density at radius 1 is 1.44 bits per heavy atom. The molecule has 0 saturated carbocycles. The molecule has 1 aromatic rings. The third kappa shape index (κ3) is 3.49. The fourth-order valence-electron chi connectivity index (χ4n) is 1.75. The van der Waals surface area contributed by atoms with E-state index in [1.54, 1.807) is 12.0 Å². The zero-order chi connectivity index (χ0) is 13.5. The molecule has 18 heavy (non-hydrogen) atoms. The van der Waals surface area contributed by atoms with Crippen LogP contribution in [0.3, 0.4) is 0 Å². The van der Waals surface area contributed by atoms with Gasteiger partial charge >= 0.3 is 0 Å². The third-order valence-electron chi connectivity index (χ3n) is 2.72. The van der Waals surface area contributed by atoms with Gasteiger partial charge in [0.1, 0.15) is 12.3 Å². The van der Waals surface area contributed by atoms with Crippen LogP contribution >= 0.6 is 0 Å². The van der Waals surface area contributed by atoms with E-state index in [0.717, 1.165) is 5.56 Å². The van der Waals surface area contributed by atoms with Gasteiger partial charge in [0.05, 0.1) is 19.6 Å². The van der Waals surface area contributed by atoms with Gasteiger partial charge in [-0.15, -0.1) is 0 Å². The topological polar surface area (TPSA) is 53.3 Å². The van der Waals surface area contributed by atoms with Gasteiger partial charge in [0.2, 0.25) is 5.91 Å². The Balaban J connectivity index is 2.83. The smallest absolute Gasteiger partial charge is 0.228 e. The maximum Gasteiger partial charge on any atom is 0.228 e. The van der Waals surface area contributed by atoms with Gasteiger partial charge in [0.25, 0.3) is 0 Å². The van der Waals surface area contributed by atoms with E-state index in [2.05, 4.69) is 0 Å². The predicted octanol–water partition coefficient (Wildman–Crippen LogP) is 2.00. The number of benzene rings is 1. The van der Waals surface area contributed by atoms with Crippen LogP contribution in [0.1, 0.15) is 19.4 Å². The van der Waals surface area contributed by atoms with Crippen LogP contribution in [0.5, 0.6) is 5.75 Å². The summed E-state index contributed by atoms with van der Waals surface area (Å²) in [7, 11) is 1.58. The Kier molecular flexibility index (Phi) is 5.19. The van der Waals surface area contributed by atoms with E-state index in [-0.39, 0.29) is 24.9 Å². The maximum atomic E-state index is 12.1. The van der Waals surface area contributed by atoms with Crippen molar-refractivity contribution in [3.63, 3.8) is 0 Å². The molecule has 0 fully saturated rings. The van der Waals surface area contributed by atoms with Gasteiger partial charge < -0.3 is 9.64 Å². The number of ether oxygens (including phenoxy) is 1. The minimum absolute atomic E-state index is 0.0202. The quantitative estimate of drug-likeness (QED) is 0.747. The van der Waals surface area contributed by atoms with Crippen LogP contribution in [0.4, 0.5) is 0 Å². The highest BCUT2D eigenvalue weighted by atomic mass is 16.5. The standard InChI is InChI=1S/C14H18N2O2/c1-11(2)16(9-8-15)14(17)10-12-6-4-5-7-13(12)18-3/h4-7,11H,9-10H2,1-3H3. The van der Waals surface area contributed by atoms with Crippen molar-refractivity contribution in [1.29, 1.82) is 5.26 Å². The molecule has 0 bridgehead atoms. The minimum atomic E-state index is -0.0592. The molecule has 0 aliphatic rings. The van der Waals surface area contributed by atoms with Crippen molar-refractivity contribution in [2.45, 2.75) is 26.3 Å². The summed E-state index contributed by atoms with van der Waals surface area (Å²) in [5, 5.41) is 8.73. The van der Waals surface area contributed by atoms with Crippen molar-refractivity contribution in [3.05, 3.63) is 29.8 Å². The number of rotatable bonds is 5. The monoisotopic (exact) mass is 246 g/mol. The summed E-state index contributed by atoms with van der Waals surface area (Å²) in [6.45, 7) is 3.92. The van der Waals surface area contributed by atoms with E-state index in [1.165, 1.54) is 0 Å². The van der Waals surface area contributed by atoms with Crippen LogP contribution in [0, 0.1) is 11.3 Å². The number of nitriles is 1. The fraction of sp³-hybridized carbons (Fsp3) is 0.429. The molecular weight excluding hydrogens is 228 g/mol. The fourth-order valence-corrected chi connectivity index (χ4v) is 1.75. The van der Waals surface area contributed by atoms with E-state index >= 15 is 0 Å². The van der Waals surface area contributed by atoms with Gasteiger partial charge in [-0.25, -0.2) is 0 Å². The minimum Gasteiger partial charge on any atom is -0.496 e. The molecule has 0 aliphatic heterocycles. The van der Waals surface area contributed by atoms with Crippen molar-refractivity contribution in [1.82, 2.24) is 4.90 Å². The molecule has 0 atom stereocenters. The van der Waals surface area contributed by atoms with Crippen LogP contribution in [0.2, 0.25) is 0 Å². The summed E-state index contributed by atoms with van der Waals surface area (Å²) < 4.78 is 5.21. The Labute approximate surface area is 108 Å². The Hall–Kier alpha value is -2.02. The van der Waals surface area contributed by atoms with E-state index in [1.807, 2.05) is 44.2 Å². The molecule has 0 radical (unpaired) electrons. The number of carbonyl (C=O) groups excluding carboxylic acids is 1. The summed E-state index contributed by atoms with van der Waals surface area (Å²) in [6, 6.07) is 9.46. The number of carbonyl (C=O) groups is 1. The Morgan fingerprint density at radius 3 is 2.67 bits per heavy atom. The van der Waals surface area contributed by atoms with Crippen LogP contribution in [-0.2, 0) is 11.2 Å². The van der Waals surface area contributed by atoms with Crippen molar-refractivity contribution in [3.8, 4) is 11.8 Å². The molecular formula is C14H18N2O2. The second kappa shape index (κ2) is 6.65. The van der Waals surface area contributed by atoms with Crippen LogP contribution in [0.15, 0.2) is 24.3 Å². The number of para-hydroxylation sites is 1. The first-order valence-electron chi connectivity index (χ1n) is 5.88. The lowest BCUT2D eigenvalue weighted by molar-refractivity contribution is -0.131. The van der Waals surface area contributed by atoms with Crippen molar-refractivity contribution in [2.75, 3.05) is 13.7 Å². The third-order valence-corrected chi connectivity index (χ3v) is 2.72. The normalized spacial score (nSPS) is 9.94. The maximum absolute atomic E-state index is 12.1. The number of hydrogen-bond donors (Lipinski definition) is 0. The lowest BCUT2D eigenvalue weighted by Crippen LogP contribution is -2.38. The van der Waals surface area contributed by atoms with Crippen molar-refractivity contribution >= 4 is 5.91 Å². The largest absolute Gasteiger partial charge is 0.496 e. The predicted molar refractivity (Wildman–Crippen MR) is 69.2 cm³/mol. The second-order valence-corrected chi connectivity index (χ2v) is 4.26. The van der Waals surface area contributed by atoms with Crippen LogP contribution < -0.4 is 4.74 Å². The number of hydrogen-bond acceptors (Lipinski definition) is 3. The molecule has 4 nitrogen and oxygen atoms in total. The summed E-state index contributed by atoms with van der Waals surface area (Å²) in [5.74, 6) is 0.641. The average molecular weight is 246 g/mol. The molecule has 1 rings (SSSR count). The van der Waals surface area contributed by atoms with E-state index in [9.17, 15) is 4.79 Å². The van der Waals surface area contributed by atoms with Crippen LogP contribution in [-0.4, -0.2) is 30.5 Å². The SMILES string of the molecule is COc1ccccc1CC(=O)N(CC#N)C(C)C. The molecule has 0 unspecified atom stereocenters. The molecule has 0 aliphatic carbocycles. The van der Waals surface area contributed by atoms with Crippen molar-refractivity contribution < 1.29 is 9.53 Å². The lowest BCUT2D eigenvalue weighted by atomic mass is 10.1. The van der Waals surface area contributed by atoms with Gasteiger partial charge in [0.15, 0.2) is 0 Å². The first kappa shape index (κ1) is 14.0. The van der Waals surface area contributed by atoms with Gasteiger partial charge in [0, 0.05) is 11.6 Å². The summed E-state index contributed by atoms with van der Waals surface area (Å²) >= 11 is 0. The highest BCUT2D eigenvalue weighted by molar-refractivity contribution is 5.80. The van der Waals surface area contributed by atoms with Gasteiger partial charge in [-0.2, -0.15) is 5.26 Å². The molecule has 0 heterocycles. The summed E-state index contributed by atoms with van der Waals surface area (Å²) in [4.78, 5) is 13.7. The molecule has 0 N–H and O–H groups in total. The first-order chi connectivity index (χ1) is 8.60. The Bertz CT molecular complexity index is 449. The number of amides is 1. The van der Waals surface area contributed by atoms with Gasteiger partial charge in [-0.05, 0) is 19.9 Å². The average Bonchev–Trinajstić information content (AvgIpc) is 2.36. The first-order valence-corrected chi connectivity index (χ1v) is 5.88. The summed E-state index contributed by atoms with van der Waals surface area (Å²) in [5.41, 5.74) is 0.841. The zero-order valence-electron chi connectivity index (χ0n) is 11.0. The molecule has 1 amide bonds. The molecule has 1 aromatic carbocycles. The van der Waals surface area contributed by atoms with E-state index in [4.69, 9.17) is 10.00 Å². The molecule has 0 saturated heterocycles.